The van der Waals surface area contributed by atoms with Crippen LogP contribution in [0.2, 0.25) is 0 Å². The van der Waals surface area contributed by atoms with Crippen LogP contribution in [0.3, 0.4) is 0 Å². The lowest BCUT2D eigenvalue weighted by Gasteiger charge is -2.05. The van der Waals surface area contributed by atoms with E-state index in [2.05, 4.69) is 15.4 Å². The second-order valence-corrected chi connectivity index (χ2v) is 5.74. The molecule has 1 N–H and O–H groups in total. The number of nitrogens with zero attached hydrogens (tertiary/aromatic N) is 3. The van der Waals surface area contributed by atoms with Crippen molar-refractivity contribution in [2.75, 3.05) is 0 Å². The molecule has 0 spiro atoms. The smallest absolute Gasteiger partial charge is 0.257 e. The van der Waals surface area contributed by atoms with Crippen LogP contribution in [-0.2, 0) is 6.54 Å². The quantitative estimate of drug-likeness (QED) is 0.623. The summed E-state index contributed by atoms with van der Waals surface area (Å²) in [5.74, 6) is 0.631. The van der Waals surface area contributed by atoms with Gasteiger partial charge in [-0.05, 0) is 30.7 Å². The van der Waals surface area contributed by atoms with Gasteiger partial charge in [0.2, 0.25) is 0 Å². The molecule has 6 heteroatoms. The lowest BCUT2D eigenvalue weighted by atomic mass is 10.1. The molecule has 1 aromatic carbocycles. The van der Waals surface area contributed by atoms with Gasteiger partial charge in [0.25, 0.3) is 5.91 Å². The molecule has 25 heavy (non-hydrogen) atoms. The van der Waals surface area contributed by atoms with Crippen LogP contribution in [-0.4, -0.2) is 20.5 Å². The van der Waals surface area contributed by atoms with Gasteiger partial charge in [-0.3, -0.25) is 4.79 Å². The van der Waals surface area contributed by atoms with Gasteiger partial charge in [0.15, 0.2) is 5.65 Å². The van der Waals surface area contributed by atoms with Gasteiger partial charge in [0.1, 0.15) is 11.3 Å². The van der Waals surface area contributed by atoms with Gasteiger partial charge < -0.3 is 9.73 Å². The van der Waals surface area contributed by atoms with Crippen molar-refractivity contribution in [2.24, 2.45) is 0 Å². The molecule has 0 saturated heterocycles. The maximum absolute atomic E-state index is 12.4. The maximum atomic E-state index is 12.4. The Labute approximate surface area is 144 Å². The number of hydrogen-bond donors (Lipinski definition) is 1. The van der Waals surface area contributed by atoms with Crippen LogP contribution in [0, 0.1) is 6.92 Å². The molecule has 1 amide bonds. The highest BCUT2D eigenvalue weighted by molar-refractivity contribution is 5.99. The maximum Gasteiger partial charge on any atom is 0.257 e. The predicted molar refractivity (Wildman–Crippen MR) is 93.0 cm³/mol. The summed E-state index contributed by atoms with van der Waals surface area (Å²) in [6.07, 6.45) is 4.87. The Morgan fingerprint density at radius 2 is 2.04 bits per heavy atom. The monoisotopic (exact) mass is 332 g/mol. The fraction of sp³-hybridized carbons (Fsp3) is 0.105. The second-order valence-electron chi connectivity index (χ2n) is 5.74. The zero-order valence-electron chi connectivity index (χ0n) is 13.6. The first-order valence-corrected chi connectivity index (χ1v) is 7.93. The van der Waals surface area contributed by atoms with Crippen molar-refractivity contribution in [3.8, 4) is 11.3 Å². The van der Waals surface area contributed by atoms with Gasteiger partial charge in [-0.2, -0.15) is 5.10 Å². The van der Waals surface area contributed by atoms with E-state index in [4.69, 9.17) is 4.42 Å². The fourth-order valence-corrected chi connectivity index (χ4v) is 2.68. The van der Waals surface area contributed by atoms with E-state index in [1.54, 1.807) is 23.2 Å². The molecule has 0 atom stereocenters. The van der Waals surface area contributed by atoms with Crippen molar-refractivity contribution in [1.29, 1.82) is 0 Å². The molecule has 0 aliphatic rings. The summed E-state index contributed by atoms with van der Waals surface area (Å²) < 4.78 is 7.03. The third kappa shape index (κ3) is 2.89. The molecule has 6 nitrogen and oxygen atoms in total. The molecule has 3 heterocycles. The van der Waals surface area contributed by atoms with E-state index in [-0.39, 0.29) is 5.91 Å². The van der Waals surface area contributed by atoms with Crippen molar-refractivity contribution in [2.45, 2.75) is 13.5 Å². The molecule has 4 aromatic rings. The van der Waals surface area contributed by atoms with Gasteiger partial charge in [-0.1, -0.05) is 24.3 Å². The number of carbonyl (C=O) groups excluding carboxylic acids is 1. The summed E-state index contributed by atoms with van der Waals surface area (Å²) in [6.45, 7) is 2.35. The predicted octanol–water partition coefficient (Wildman–Crippen LogP) is 3.23. The molecule has 0 fully saturated rings. The average molecular weight is 332 g/mol. The van der Waals surface area contributed by atoms with Crippen LogP contribution in [0.1, 0.15) is 21.6 Å². The standard InChI is InChI=1S/C19H16N4O2/c1-13-8-9-20-18-16(12-22-23(13)18)19(24)21-11-14-4-6-15(7-5-14)17-3-2-10-25-17/h2-10,12H,11H2,1H3,(H,21,24). The molecule has 0 unspecified atom stereocenters. The minimum absolute atomic E-state index is 0.191. The SMILES string of the molecule is Cc1ccnc2c(C(=O)NCc3ccc(-c4ccco4)cc3)cnn12. The number of nitrogens with one attached hydrogen (secondary N) is 1. The van der Waals surface area contributed by atoms with E-state index in [9.17, 15) is 4.79 Å². The van der Waals surface area contributed by atoms with E-state index in [1.807, 2.05) is 49.4 Å². The first-order valence-electron chi connectivity index (χ1n) is 7.93. The van der Waals surface area contributed by atoms with E-state index in [0.717, 1.165) is 22.6 Å². The summed E-state index contributed by atoms with van der Waals surface area (Å²) >= 11 is 0. The average Bonchev–Trinajstić information content (AvgIpc) is 3.30. The summed E-state index contributed by atoms with van der Waals surface area (Å²) in [7, 11) is 0. The van der Waals surface area contributed by atoms with Gasteiger partial charge in [-0.25, -0.2) is 9.50 Å². The Balaban J connectivity index is 1.47. The third-order valence-corrected chi connectivity index (χ3v) is 4.05. The van der Waals surface area contributed by atoms with Gasteiger partial charge >= 0.3 is 0 Å². The number of furan rings is 1. The highest BCUT2D eigenvalue weighted by atomic mass is 16.3. The Morgan fingerprint density at radius 3 is 2.80 bits per heavy atom. The molecule has 0 aliphatic heterocycles. The van der Waals surface area contributed by atoms with E-state index >= 15 is 0 Å². The van der Waals surface area contributed by atoms with Crippen LogP contribution in [0.25, 0.3) is 17.0 Å². The molecule has 0 saturated carbocycles. The third-order valence-electron chi connectivity index (χ3n) is 4.05. The van der Waals surface area contributed by atoms with Crippen LogP contribution in [0.5, 0.6) is 0 Å². The molecule has 3 aromatic heterocycles. The molecular formula is C19H16N4O2. The van der Waals surface area contributed by atoms with Crippen molar-refractivity contribution < 1.29 is 9.21 Å². The molecule has 0 aliphatic carbocycles. The summed E-state index contributed by atoms with van der Waals surface area (Å²) in [6, 6.07) is 13.5. The number of carbonyl (C=O) groups is 1. The van der Waals surface area contributed by atoms with Crippen molar-refractivity contribution >= 4 is 11.6 Å². The molecule has 0 radical (unpaired) electrons. The first-order chi connectivity index (χ1) is 12.2. The highest BCUT2D eigenvalue weighted by Crippen LogP contribution is 2.20. The normalized spacial score (nSPS) is 10.9. The molecule has 124 valence electrons. The minimum Gasteiger partial charge on any atom is -0.464 e. The number of aryl methyl sites for hydroxylation is 1. The number of rotatable bonds is 4. The fourth-order valence-electron chi connectivity index (χ4n) is 2.68. The van der Waals surface area contributed by atoms with Crippen LogP contribution in [0.15, 0.2) is 65.5 Å². The van der Waals surface area contributed by atoms with E-state index < -0.39 is 0 Å². The molecule has 0 bridgehead atoms. The lowest BCUT2D eigenvalue weighted by Crippen LogP contribution is -2.22. The number of benzene rings is 1. The summed E-state index contributed by atoms with van der Waals surface area (Å²) in [4.78, 5) is 16.7. The zero-order chi connectivity index (χ0) is 17.2. The van der Waals surface area contributed by atoms with E-state index in [0.29, 0.717) is 17.8 Å². The number of hydrogen-bond acceptors (Lipinski definition) is 4. The van der Waals surface area contributed by atoms with Crippen LogP contribution in [0.4, 0.5) is 0 Å². The van der Waals surface area contributed by atoms with Gasteiger partial charge in [0.05, 0.1) is 12.5 Å². The topological polar surface area (TPSA) is 72.4 Å². The summed E-state index contributed by atoms with van der Waals surface area (Å²) in [5, 5.41) is 7.13. The van der Waals surface area contributed by atoms with Crippen molar-refractivity contribution in [3.05, 3.63) is 77.9 Å². The minimum atomic E-state index is -0.191. The number of aromatic nitrogens is 3. The zero-order valence-corrected chi connectivity index (χ0v) is 13.6. The highest BCUT2D eigenvalue weighted by Gasteiger charge is 2.14. The second kappa shape index (κ2) is 6.24. The largest absolute Gasteiger partial charge is 0.464 e. The van der Waals surface area contributed by atoms with Gasteiger partial charge in [-0.15, -0.1) is 0 Å². The number of fused-ring (bicyclic) bond motifs is 1. The van der Waals surface area contributed by atoms with Gasteiger partial charge in [0, 0.05) is 24.0 Å². The summed E-state index contributed by atoms with van der Waals surface area (Å²) in [5.41, 5.74) is 3.96. The first kappa shape index (κ1) is 15.1. The Kier molecular flexibility index (Phi) is 3.78. The Morgan fingerprint density at radius 1 is 1.20 bits per heavy atom. The van der Waals surface area contributed by atoms with Crippen LogP contribution >= 0.6 is 0 Å². The Hall–Kier alpha value is -3.41. The van der Waals surface area contributed by atoms with E-state index in [1.165, 1.54) is 0 Å². The van der Waals surface area contributed by atoms with Crippen molar-refractivity contribution in [1.82, 2.24) is 19.9 Å². The molecule has 4 rings (SSSR count). The molecular weight excluding hydrogens is 316 g/mol. The number of amides is 1. The van der Waals surface area contributed by atoms with Crippen LogP contribution < -0.4 is 5.32 Å². The lowest BCUT2D eigenvalue weighted by molar-refractivity contribution is 0.0952. The Bertz CT molecular complexity index is 1020. The van der Waals surface area contributed by atoms with Crippen molar-refractivity contribution in [3.63, 3.8) is 0 Å².